The molecule has 3 nitrogen and oxygen atoms in total. The number of hydrogen-bond donors (Lipinski definition) is 0. The summed E-state index contributed by atoms with van der Waals surface area (Å²) in [5.74, 6) is 1.82. The molecule has 1 aliphatic heterocycles. The van der Waals surface area contributed by atoms with Crippen LogP contribution in [0.5, 0.6) is 0 Å². The molecule has 0 amide bonds. The zero-order valence-corrected chi connectivity index (χ0v) is 9.08. The second kappa shape index (κ2) is 5.83. The van der Waals surface area contributed by atoms with Crippen molar-refractivity contribution in [2.75, 3.05) is 13.7 Å². The van der Waals surface area contributed by atoms with Gasteiger partial charge in [-0.2, -0.15) is 0 Å². The smallest absolute Gasteiger partial charge is 0.129 e. The van der Waals surface area contributed by atoms with Gasteiger partial charge in [0.2, 0.25) is 0 Å². The SMILES string of the molecule is CCC1CO1.COCc1ccc(C)o1. The monoisotopic (exact) mass is 198 g/mol. The molecule has 1 aromatic rings. The van der Waals surface area contributed by atoms with E-state index >= 15 is 0 Å². The van der Waals surface area contributed by atoms with Gasteiger partial charge in [-0.1, -0.05) is 6.92 Å². The molecule has 0 bridgehead atoms. The molecule has 1 atom stereocenters. The van der Waals surface area contributed by atoms with Crippen molar-refractivity contribution >= 4 is 0 Å². The molecule has 1 aromatic heterocycles. The Labute approximate surface area is 85.0 Å². The lowest BCUT2D eigenvalue weighted by atomic mass is 10.4. The molecule has 0 radical (unpaired) electrons. The first kappa shape index (κ1) is 11.3. The highest BCUT2D eigenvalue weighted by Crippen LogP contribution is 2.10. The summed E-state index contributed by atoms with van der Waals surface area (Å²) >= 11 is 0. The molecule has 1 fully saturated rings. The van der Waals surface area contributed by atoms with E-state index in [-0.39, 0.29) is 0 Å². The predicted octanol–water partition coefficient (Wildman–Crippen LogP) is 2.53. The van der Waals surface area contributed by atoms with Crippen molar-refractivity contribution in [2.45, 2.75) is 33.0 Å². The van der Waals surface area contributed by atoms with Gasteiger partial charge in [0.05, 0.1) is 12.7 Å². The van der Waals surface area contributed by atoms with Gasteiger partial charge >= 0.3 is 0 Å². The summed E-state index contributed by atoms with van der Waals surface area (Å²) in [7, 11) is 1.65. The van der Waals surface area contributed by atoms with Crippen molar-refractivity contribution < 1.29 is 13.9 Å². The third-order valence-corrected chi connectivity index (χ3v) is 1.94. The van der Waals surface area contributed by atoms with Crippen LogP contribution in [0.15, 0.2) is 16.5 Å². The Morgan fingerprint density at radius 2 is 2.21 bits per heavy atom. The molecule has 0 aromatic carbocycles. The van der Waals surface area contributed by atoms with Crippen LogP contribution in [0.2, 0.25) is 0 Å². The average Bonchev–Trinajstić information content (AvgIpc) is 2.93. The maximum Gasteiger partial charge on any atom is 0.129 e. The van der Waals surface area contributed by atoms with E-state index in [1.807, 2.05) is 19.1 Å². The maximum atomic E-state index is 5.20. The summed E-state index contributed by atoms with van der Waals surface area (Å²) in [4.78, 5) is 0. The minimum atomic E-state index is 0.563. The number of epoxide rings is 1. The molecule has 1 unspecified atom stereocenters. The quantitative estimate of drug-likeness (QED) is 0.700. The molecule has 1 saturated heterocycles. The Hall–Kier alpha value is -0.800. The van der Waals surface area contributed by atoms with E-state index in [1.165, 1.54) is 6.42 Å². The van der Waals surface area contributed by atoms with E-state index in [2.05, 4.69) is 6.92 Å². The van der Waals surface area contributed by atoms with Crippen LogP contribution in [0.25, 0.3) is 0 Å². The lowest BCUT2D eigenvalue weighted by Crippen LogP contribution is -1.81. The second-order valence-corrected chi connectivity index (χ2v) is 3.31. The van der Waals surface area contributed by atoms with Gasteiger partial charge in [0.15, 0.2) is 0 Å². The Bertz CT molecular complexity index is 251. The molecule has 14 heavy (non-hydrogen) atoms. The first-order valence-corrected chi connectivity index (χ1v) is 4.92. The van der Waals surface area contributed by atoms with Gasteiger partial charge in [0.25, 0.3) is 0 Å². The maximum absolute atomic E-state index is 5.20. The third-order valence-electron chi connectivity index (χ3n) is 1.94. The van der Waals surface area contributed by atoms with Crippen LogP contribution in [-0.2, 0) is 16.1 Å². The summed E-state index contributed by atoms with van der Waals surface area (Å²) in [6.07, 6.45) is 1.83. The predicted molar refractivity (Wildman–Crippen MR) is 54.2 cm³/mol. The molecule has 3 heteroatoms. The number of aryl methyl sites for hydroxylation is 1. The van der Waals surface area contributed by atoms with Crippen LogP contribution >= 0.6 is 0 Å². The van der Waals surface area contributed by atoms with Gasteiger partial charge < -0.3 is 13.9 Å². The van der Waals surface area contributed by atoms with Gasteiger partial charge in [-0.3, -0.25) is 0 Å². The number of hydrogen-bond acceptors (Lipinski definition) is 3. The molecule has 2 rings (SSSR count). The number of ether oxygens (including phenoxy) is 2. The molecule has 1 aliphatic rings. The highest BCUT2D eigenvalue weighted by molar-refractivity contribution is 5.04. The zero-order valence-electron chi connectivity index (χ0n) is 9.08. The Balaban J connectivity index is 0.000000165. The van der Waals surface area contributed by atoms with E-state index in [4.69, 9.17) is 13.9 Å². The van der Waals surface area contributed by atoms with Crippen molar-refractivity contribution in [3.05, 3.63) is 23.7 Å². The van der Waals surface area contributed by atoms with Crippen LogP contribution in [0, 0.1) is 6.92 Å². The molecular weight excluding hydrogens is 180 g/mol. The van der Waals surface area contributed by atoms with E-state index in [1.54, 1.807) is 7.11 Å². The molecular formula is C11H18O3. The first-order chi connectivity index (χ1) is 6.76. The highest BCUT2D eigenvalue weighted by Gasteiger charge is 2.18. The minimum Gasteiger partial charge on any atom is -0.464 e. The van der Waals surface area contributed by atoms with Crippen LogP contribution < -0.4 is 0 Å². The van der Waals surface area contributed by atoms with Gasteiger partial charge in [-0.25, -0.2) is 0 Å². The van der Waals surface area contributed by atoms with E-state index < -0.39 is 0 Å². The zero-order chi connectivity index (χ0) is 10.4. The summed E-state index contributed by atoms with van der Waals surface area (Å²) in [5, 5.41) is 0. The van der Waals surface area contributed by atoms with Crippen molar-refractivity contribution in [1.29, 1.82) is 0 Å². The molecule has 0 N–H and O–H groups in total. The topological polar surface area (TPSA) is 34.9 Å². The number of methoxy groups -OCH3 is 1. The fraction of sp³-hybridized carbons (Fsp3) is 0.636. The summed E-state index contributed by atoms with van der Waals surface area (Å²) < 4.78 is 14.9. The molecule has 0 saturated carbocycles. The number of furan rings is 1. The lowest BCUT2D eigenvalue weighted by molar-refractivity contribution is 0.163. The summed E-state index contributed by atoms with van der Waals surface area (Å²) in [6.45, 7) is 5.63. The normalized spacial score (nSPS) is 18.6. The van der Waals surface area contributed by atoms with Gasteiger partial charge in [0, 0.05) is 7.11 Å². The van der Waals surface area contributed by atoms with Crippen molar-refractivity contribution in [3.63, 3.8) is 0 Å². The van der Waals surface area contributed by atoms with E-state index in [9.17, 15) is 0 Å². The van der Waals surface area contributed by atoms with Gasteiger partial charge in [-0.15, -0.1) is 0 Å². The standard InChI is InChI=1S/C7H10O2.C4H8O/c1-6-3-4-7(9-6)5-8-2;1-2-4-3-5-4/h3-4H,5H2,1-2H3;4H,2-3H2,1H3. The highest BCUT2D eigenvalue weighted by atomic mass is 16.6. The fourth-order valence-corrected chi connectivity index (χ4v) is 1.01. The molecule has 80 valence electrons. The van der Waals surface area contributed by atoms with Crippen LogP contribution in [0.4, 0.5) is 0 Å². The Morgan fingerprint density at radius 3 is 2.50 bits per heavy atom. The first-order valence-electron chi connectivity index (χ1n) is 4.92. The van der Waals surface area contributed by atoms with Crippen LogP contribution in [0.1, 0.15) is 24.9 Å². The minimum absolute atomic E-state index is 0.563. The van der Waals surface area contributed by atoms with E-state index in [0.717, 1.165) is 18.1 Å². The van der Waals surface area contributed by atoms with E-state index in [0.29, 0.717) is 12.7 Å². The molecule has 2 heterocycles. The largest absolute Gasteiger partial charge is 0.464 e. The van der Waals surface area contributed by atoms with Crippen molar-refractivity contribution in [3.8, 4) is 0 Å². The Morgan fingerprint density at radius 1 is 1.50 bits per heavy atom. The molecule has 0 aliphatic carbocycles. The third kappa shape index (κ3) is 4.44. The second-order valence-electron chi connectivity index (χ2n) is 3.31. The van der Waals surface area contributed by atoms with Crippen molar-refractivity contribution in [1.82, 2.24) is 0 Å². The van der Waals surface area contributed by atoms with Crippen LogP contribution in [0.3, 0.4) is 0 Å². The van der Waals surface area contributed by atoms with Crippen LogP contribution in [-0.4, -0.2) is 19.8 Å². The summed E-state index contributed by atoms with van der Waals surface area (Å²) in [5.41, 5.74) is 0. The fourth-order valence-electron chi connectivity index (χ4n) is 1.01. The van der Waals surface area contributed by atoms with Crippen molar-refractivity contribution in [2.24, 2.45) is 0 Å². The number of rotatable bonds is 3. The average molecular weight is 198 g/mol. The summed E-state index contributed by atoms with van der Waals surface area (Å²) in [6, 6.07) is 3.84. The lowest BCUT2D eigenvalue weighted by Gasteiger charge is -1.90. The molecule has 0 spiro atoms. The Kier molecular flexibility index (Phi) is 4.70. The van der Waals surface area contributed by atoms with Gasteiger partial charge in [-0.05, 0) is 25.5 Å². The van der Waals surface area contributed by atoms with Gasteiger partial charge in [0.1, 0.15) is 18.1 Å².